The van der Waals surface area contributed by atoms with E-state index in [-0.39, 0.29) is 57.2 Å². The van der Waals surface area contributed by atoms with E-state index < -0.39 is 21.9 Å². The fourth-order valence-corrected chi connectivity index (χ4v) is 5.23. The predicted octanol–water partition coefficient (Wildman–Crippen LogP) is 4.81. The topological polar surface area (TPSA) is 149 Å². The molecule has 3 aromatic carbocycles. The maximum atomic E-state index is 13.4. The summed E-state index contributed by atoms with van der Waals surface area (Å²) in [6.45, 7) is 3.50. The van der Waals surface area contributed by atoms with Crippen molar-refractivity contribution < 1.29 is 32.6 Å². The number of aromatic nitrogens is 2. The number of hydrogen-bond acceptors (Lipinski definition) is 7. The number of rotatable bonds is 11. The summed E-state index contributed by atoms with van der Waals surface area (Å²) in [5.41, 5.74) is 1.77. The Labute approximate surface area is 241 Å². The van der Waals surface area contributed by atoms with Crippen LogP contribution in [0.5, 0.6) is 11.6 Å². The standard InChI is InChI=1S/C28H27ClN4O7S/c1-17-8-11-20(12-9-17)33-27(18(2)25(32-33)28(35)36)40-23-13-10-19(16-24(23)41(37,38)30-14-15-39-3)31-26(34)21-6-4-5-7-22(21)29/h4-13,16,30H,14-15H2,1-3H3,(H,31,34)(H,35,36). The number of carboxylic acids is 1. The summed E-state index contributed by atoms with van der Waals surface area (Å²) in [6.07, 6.45) is 0. The summed E-state index contributed by atoms with van der Waals surface area (Å²) in [4.78, 5) is 24.4. The van der Waals surface area contributed by atoms with Crippen LogP contribution in [0.2, 0.25) is 5.02 Å². The van der Waals surface area contributed by atoms with Crippen molar-refractivity contribution >= 4 is 39.2 Å². The molecule has 41 heavy (non-hydrogen) atoms. The monoisotopic (exact) mass is 598 g/mol. The van der Waals surface area contributed by atoms with Gasteiger partial charge in [0.1, 0.15) is 10.6 Å². The zero-order chi connectivity index (χ0) is 29.7. The fraction of sp³-hybridized carbons (Fsp3) is 0.179. The van der Waals surface area contributed by atoms with E-state index in [1.807, 2.05) is 19.1 Å². The van der Waals surface area contributed by atoms with E-state index in [9.17, 15) is 23.1 Å². The second-order valence-corrected chi connectivity index (χ2v) is 11.1. The molecule has 4 rings (SSSR count). The molecule has 214 valence electrons. The molecular weight excluding hydrogens is 572 g/mol. The van der Waals surface area contributed by atoms with Crippen molar-refractivity contribution in [1.82, 2.24) is 14.5 Å². The Morgan fingerprint density at radius 1 is 1.05 bits per heavy atom. The smallest absolute Gasteiger partial charge is 0.356 e. The van der Waals surface area contributed by atoms with E-state index in [1.165, 1.54) is 43.0 Å². The maximum Gasteiger partial charge on any atom is 0.356 e. The summed E-state index contributed by atoms with van der Waals surface area (Å²) in [7, 11) is -2.76. The molecule has 4 aromatic rings. The number of amides is 1. The Hall–Kier alpha value is -4.23. The minimum Gasteiger partial charge on any atom is -0.476 e. The molecule has 1 amide bonds. The number of aromatic carboxylic acids is 1. The Bertz CT molecular complexity index is 1700. The maximum absolute atomic E-state index is 13.4. The summed E-state index contributed by atoms with van der Waals surface area (Å²) in [5, 5.41) is 16.8. The van der Waals surface area contributed by atoms with E-state index in [4.69, 9.17) is 21.1 Å². The van der Waals surface area contributed by atoms with Gasteiger partial charge in [-0.05, 0) is 56.3 Å². The molecule has 0 atom stereocenters. The van der Waals surface area contributed by atoms with Crippen LogP contribution in [0.3, 0.4) is 0 Å². The Balaban J connectivity index is 1.79. The number of aryl methyl sites for hydroxylation is 1. The van der Waals surface area contributed by atoms with Crippen LogP contribution >= 0.6 is 11.6 Å². The SMILES string of the molecule is COCCNS(=O)(=O)c1cc(NC(=O)c2ccccc2Cl)ccc1Oc1c(C)c(C(=O)O)nn1-c1ccc(C)cc1. The van der Waals surface area contributed by atoms with Crippen molar-refractivity contribution in [3.8, 4) is 17.3 Å². The van der Waals surface area contributed by atoms with E-state index in [0.717, 1.165) is 5.56 Å². The largest absolute Gasteiger partial charge is 0.476 e. The highest BCUT2D eigenvalue weighted by atomic mass is 35.5. The van der Waals surface area contributed by atoms with E-state index in [1.54, 1.807) is 30.3 Å². The number of carbonyl (C=O) groups is 2. The first-order valence-electron chi connectivity index (χ1n) is 12.3. The van der Waals surface area contributed by atoms with E-state index >= 15 is 0 Å². The van der Waals surface area contributed by atoms with Crippen LogP contribution in [0.4, 0.5) is 5.69 Å². The summed E-state index contributed by atoms with van der Waals surface area (Å²) in [6, 6.07) is 17.6. The molecule has 13 heteroatoms. The first-order valence-corrected chi connectivity index (χ1v) is 14.1. The number of carbonyl (C=O) groups excluding carboxylic acids is 1. The number of carboxylic acid groups (broad SMARTS) is 1. The molecule has 0 saturated heterocycles. The van der Waals surface area contributed by atoms with Gasteiger partial charge in [-0.2, -0.15) is 9.78 Å². The van der Waals surface area contributed by atoms with Crippen molar-refractivity contribution in [2.24, 2.45) is 0 Å². The number of nitrogens with zero attached hydrogens (tertiary/aromatic N) is 2. The highest BCUT2D eigenvalue weighted by molar-refractivity contribution is 7.89. The summed E-state index contributed by atoms with van der Waals surface area (Å²) < 4.78 is 41.5. The average molecular weight is 599 g/mol. The predicted molar refractivity (Wildman–Crippen MR) is 153 cm³/mol. The van der Waals surface area contributed by atoms with Crippen molar-refractivity contribution in [3.05, 3.63) is 94.1 Å². The van der Waals surface area contributed by atoms with Crippen LogP contribution in [-0.4, -0.2) is 55.4 Å². The van der Waals surface area contributed by atoms with Crippen LogP contribution in [0.1, 0.15) is 32.0 Å². The minimum absolute atomic E-state index is 0.00690. The molecule has 11 nitrogen and oxygen atoms in total. The van der Waals surface area contributed by atoms with Crippen LogP contribution in [0.25, 0.3) is 5.69 Å². The van der Waals surface area contributed by atoms with Gasteiger partial charge in [-0.25, -0.2) is 17.9 Å². The van der Waals surface area contributed by atoms with Crippen LogP contribution in [-0.2, 0) is 14.8 Å². The van der Waals surface area contributed by atoms with Crippen molar-refractivity contribution in [2.75, 3.05) is 25.6 Å². The molecule has 0 unspecified atom stereocenters. The molecular formula is C28H27ClN4O7S. The highest BCUT2D eigenvalue weighted by Crippen LogP contribution is 2.35. The van der Waals surface area contributed by atoms with Gasteiger partial charge in [0.2, 0.25) is 15.9 Å². The molecule has 0 aliphatic rings. The lowest BCUT2D eigenvalue weighted by molar-refractivity contribution is 0.0689. The summed E-state index contributed by atoms with van der Waals surface area (Å²) >= 11 is 6.14. The molecule has 0 bridgehead atoms. The lowest BCUT2D eigenvalue weighted by Crippen LogP contribution is -2.27. The van der Waals surface area contributed by atoms with Crippen molar-refractivity contribution in [1.29, 1.82) is 0 Å². The Kier molecular flexibility index (Phi) is 9.08. The third kappa shape index (κ3) is 6.74. The third-order valence-electron chi connectivity index (χ3n) is 5.96. The Morgan fingerprint density at radius 2 is 1.76 bits per heavy atom. The van der Waals surface area contributed by atoms with Gasteiger partial charge in [0.15, 0.2) is 5.69 Å². The highest BCUT2D eigenvalue weighted by Gasteiger charge is 2.26. The molecule has 1 heterocycles. The van der Waals surface area contributed by atoms with Gasteiger partial charge in [0, 0.05) is 24.9 Å². The normalized spacial score (nSPS) is 11.3. The average Bonchev–Trinajstić information content (AvgIpc) is 3.26. The first-order chi connectivity index (χ1) is 19.5. The van der Waals surface area contributed by atoms with Gasteiger partial charge in [-0.15, -0.1) is 0 Å². The number of sulfonamides is 1. The molecule has 0 aliphatic heterocycles. The number of hydrogen-bond donors (Lipinski definition) is 3. The van der Waals surface area contributed by atoms with Crippen molar-refractivity contribution in [2.45, 2.75) is 18.7 Å². The zero-order valence-electron chi connectivity index (χ0n) is 22.3. The molecule has 0 fully saturated rings. The van der Waals surface area contributed by atoms with Crippen LogP contribution in [0.15, 0.2) is 71.6 Å². The van der Waals surface area contributed by atoms with Gasteiger partial charge in [0.25, 0.3) is 5.91 Å². The van der Waals surface area contributed by atoms with Crippen LogP contribution in [0, 0.1) is 13.8 Å². The second-order valence-electron chi connectivity index (χ2n) is 8.92. The minimum atomic E-state index is -4.20. The number of benzene rings is 3. The quantitative estimate of drug-likeness (QED) is 0.208. The lowest BCUT2D eigenvalue weighted by atomic mass is 10.2. The molecule has 0 aliphatic carbocycles. The van der Waals surface area contributed by atoms with Gasteiger partial charge in [-0.3, -0.25) is 4.79 Å². The molecule has 0 radical (unpaired) electrons. The first kappa shape index (κ1) is 29.7. The van der Waals surface area contributed by atoms with E-state index in [2.05, 4.69) is 15.1 Å². The van der Waals surface area contributed by atoms with Gasteiger partial charge in [0.05, 0.1) is 22.9 Å². The van der Waals surface area contributed by atoms with Crippen LogP contribution < -0.4 is 14.8 Å². The summed E-state index contributed by atoms with van der Waals surface area (Å²) in [5.74, 6) is -1.93. The second kappa shape index (κ2) is 12.5. The number of halogens is 1. The molecule has 3 N–H and O–H groups in total. The number of nitrogens with one attached hydrogen (secondary N) is 2. The number of ether oxygens (including phenoxy) is 2. The Morgan fingerprint density at radius 3 is 2.41 bits per heavy atom. The molecule has 0 spiro atoms. The van der Waals surface area contributed by atoms with Gasteiger partial charge < -0.3 is 19.9 Å². The van der Waals surface area contributed by atoms with E-state index in [0.29, 0.717) is 5.69 Å². The lowest BCUT2D eigenvalue weighted by Gasteiger charge is -2.16. The zero-order valence-corrected chi connectivity index (χ0v) is 23.9. The third-order valence-corrected chi connectivity index (χ3v) is 7.78. The molecule has 0 saturated carbocycles. The number of methoxy groups -OCH3 is 1. The fourth-order valence-electron chi connectivity index (χ4n) is 3.85. The number of anilines is 1. The molecule has 1 aromatic heterocycles. The van der Waals surface area contributed by atoms with Gasteiger partial charge >= 0.3 is 5.97 Å². The van der Waals surface area contributed by atoms with Gasteiger partial charge in [-0.1, -0.05) is 41.4 Å². The van der Waals surface area contributed by atoms with Crippen molar-refractivity contribution in [3.63, 3.8) is 0 Å².